The predicted octanol–water partition coefficient (Wildman–Crippen LogP) is 2.76. The Morgan fingerprint density at radius 2 is 2.10 bits per heavy atom. The molecule has 1 heterocycles. The van der Waals surface area contributed by atoms with E-state index in [-0.39, 0.29) is 21.4 Å². The highest BCUT2D eigenvalue weighted by Gasteiger charge is 2.09. The van der Waals surface area contributed by atoms with E-state index in [4.69, 9.17) is 29.6 Å². The minimum Gasteiger partial charge on any atom is -0.389 e. The van der Waals surface area contributed by atoms with Gasteiger partial charge >= 0.3 is 0 Å². The molecule has 0 saturated carbocycles. The van der Waals surface area contributed by atoms with E-state index in [9.17, 15) is 9.18 Å². The lowest BCUT2D eigenvalue weighted by molar-refractivity contribution is 0.102. The van der Waals surface area contributed by atoms with Crippen LogP contribution in [0.2, 0.25) is 5.02 Å². The van der Waals surface area contributed by atoms with Gasteiger partial charge in [0.25, 0.3) is 5.91 Å². The fourth-order valence-corrected chi connectivity index (χ4v) is 1.84. The molecule has 102 valence electrons. The zero-order chi connectivity index (χ0) is 14.7. The number of thiocarbonyl (C=S) groups is 1. The average molecular weight is 310 g/mol. The molecule has 0 saturated heterocycles. The third-order valence-corrected chi connectivity index (χ3v) is 2.85. The zero-order valence-electron chi connectivity index (χ0n) is 10.1. The van der Waals surface area contributed by atoms with Crippen LogP contribution in [-0.4, -0.2) is 15.9 Å². The van der Waals surface area contributed by atoms with E-state index < -0.39 is 11.7 Å². The van der Waals surface area contributed by atoms with Gasteiger partial charge in [-0.3, -0.25) is 9.78 Å². The van der Waals surface area contributed by atoms with Gasteiger partial charge in [0.1, 0.15) is 16.5 Å². The van der Waals surface area contributed by atoms with Crippen molar-refractivity contribution in [3.8, 4) is 0 Å². The van der Waals surface area contributed by atoms with Gasteiger partial charge in [0, 0.05) is 22.5 Å². The van der Waals surface area contributed by atoms with Crippen molar-refractivity contribution < 1.29 is 9.18 Å². The molecule has 0 aliphatic carbocycles. The summed E-state index contributed by atoms with van der Waals surface area (Å²) in [6.45, 7) is 0. The van der Waals surface area contributed by atoms with Gasteiger partial charge in [-0.05, 0) is 30.3 Å². The Kier molecular flexibility index (Phi) is 4.26. The van der Waals surface area contributed by atoms with Crippen LogP contribution in [0.15, 0.2) is 36.5 Å². The summed E-state index contributed by atoms with van der Waals surface area (Å²) in [5, 5.41) is 2.69. The standard InChI is InChI=1S/C13H9ClFN3OS/c14-8-3-9(15)5-10(4-8)18-13(19)11-2-1-7(6-17-11)12(16)20/h1-6H,(H2,16,20)(H,18,19). The van der Waals surface area contributed by atoms with E-state index >= 15 is 0 Å². The first kappa shape index (κ1) is 14.4. The first-order valence-corrected chi connectivity index (χ1v) is 6.27. The molecule has 7 heteroatoms. The lowest BCUT2D eigenvalue weighted by Gasteiger charge is -2.06. The van der Waals surface area contributed by atoms with Crippen molar-refractivity contribution in [1.82, 2.24) is 4.98 Å². The van der Waals surface area contributed by atoms with Crippen molar-refractivity contribution in [2.24, 2.45) is 5.73 Å². The van der Waals surface area contributed by atoms with Gasteiger partial charge < -0.3 is 11.1 Å². The molecule has 0 atom stereocenters. The topological polar surface area (TPSA) is 68.0 Å². The molecular formula is C13H9ClFN3OS. The summed E-state index contributed by atoms with van der Waals surface area (Å²) < 4.78 is 13.1. The molecule has 1 aromatic heterocycles. The van der Waals surface area contributed by atoms with Gasteiger partial charge in [-0.2, -0.15) is 0 Å². The van der Waals surface area contributed by atoms with Crippen LogP contribution in [0.4, 0.5) is 10.1 Å². The smallest absolute Gasteiger partial charge is 0.274 e. The quantitative estimate of drug-likeness (QED) is 0.856. The van der Waals surface area contributed by atoms with E-state index in [1.165, 1.54) is 18.3 Å². The molecule has 0 bridgehead atoms. The minimum atomic E-state index is -0.537. The van der Waals surface area contributed by atoms with Crippen LogP contribution in [0.5, 0.6) is 0 Å². The summed E-state index contributed by atoms with van der Waals surface area (Å²) in [5.74, 6) is -1.02. The molecule has 0 aliphatic rings. The van der Waals surface area contributed by atoms with Crippen LogP contribution in [-0.2, 0) is 0 Å². The Hall–Kier alpha value is -2.05. The average Bonchev–Trinajstić information content (AvgIpc) is 2.37. The van der Waals surface area contributed by atoms with Gasteiger partial charge in [-0.25, -0.2) is 4.39 Å². The molecule has 20 heavy (non-hydrogen) atoms. The van der Waals surface area contributed by atoms with E-state index in [0.717, 1.165) is 12.1 Å². The molecule has 0 unspecified atom stereocenters. The highest BCUT2D eigenvalue weighted by atomic mass is 35.5. The first-order valence-electron chi connectivity index (χ1n) is 5.49. The predicted molar refractivity (Wildman–Crippen MR) is 79.5 cm³/mol. The summed E-state index contributed by atoms with van der Waals surface area (Å²) in [6, 6.07) is 6.80. The number of hydrogen-bond acceptors (Lipinski definition) is 3. The van der Waals surface area contributed by atoms with Crippen LogP contribution in [0, 0.1) is 5.82 Å². The first-order chi connectivity index (χ1) is 9.45. The van der Waals surface area contributed by atoms with Crippen molar-refractivity contribution in [3.05, 3.63) is 58.6 Å². The molecule has 1 amide bonds. The Morgan fingerprint density at radius 1 is 1.35 bits per heavy atom. The van der Waals surface area contributed by atoms with Crippen molar-refractivity contribution in [1.29, 1.82) is 0 Å². The van der Waals surface area contributed by atoms with Crippen LogP contribution in [0.1, 0.15) is 16.1 Å². The molecule has 0 radical (unpaired) electrons. The third kappa shape index (κ3) is 3.49. The fraction of sp³-hybridized carbons (Fsp3) is 0. The summed E-state index contributed by atoms with van der Waals surface area (Å²) >= 11 is 10.5. The molecule has 2 rings (SSSR count). The maximum Gasteiger partial charge on any atom is 0.274 e. The van der Waals surface area contributed by atoms with Gasteiger partial charge in [-0.15, -0.1) is 0 Å². The summed E-state index contributed by atoms with van der Waals surface area (Å²) in [4.78, 5) is 16.0. The highest BCUT2D eigenvalue weighted by Crippen LogP contribution is 2.18. The molecule has 0 fully saturated rings. The Morgan fingerprint density at radius 3 is 2.65 bits per heavy atom. The van der Waals surface area contributed by atoms with Crippen LogP contribution >= 0.6 is 23.8 Å². The number of rotatable bonds is 3. The second-order valence-electron chi connectivity index (χ2n) is 3.91. The van der Waals surface area contributed by atoms with E-state index in [2.05, 4.69) is 10.3 Å². The van der Waals surface area contributed by atoms with E-state index in [0.29, 0.717) is 5.56 Å². The summed E-state index contributed by atoms with van der Waals surface area (Å²) in [6.07, 6.45) is 1.40. The maximum absolute atomic E-state index is 13.1. The number of carbonyl (C=O) groups excluding carboxylic acids is 1. The zero-order valence-corrected chi connectivity index (χ0v) is 11.6. The molecule has 3 N–H and O–H groups in total. The Bertz CT molecular complexity index is 656. The van der Waals surface area contributed by atoms with Gasteiger partial charge in [0.15, 0.2) is 0 Å². The monoisotopic (exact) mass is 309 g/mol. The summed E-state index contributed by atoms with van der Waals surface area (Å²) in [5.41, 5.74) is 6.40. The number of anilines is 1. The summed E-state index contributed by atoms with van der Waals surface area (Å²) in [7, 11) is 0. The number of amides is 1. The van der Waals surface area contributed by atoms with Crippen LogP contribution in [0.3, 0.4) is 0 Å². The number of nitrogens with zero attached hydrogens (tertiary/aromatic N) is 1. The molecule has 1 aromatic carbocycles. The van der Waals surface area contributed by atoms with Gasteiger partial charge in [0.05, 0.1) is 0 Å². The number of nitrogens with one attached hydrogen (secondary N) is 1. The second-order valence-corrected chi connectivity index (χ2v) is 4.78. The Balaban J connectivity index is 2.17. The number of benzene rings is 1. The number of hydrogen-bond donors (Lipinski definition) is 2. The molecular weight excluding hydrogens is 301 g/mol. The van der Waals surface area contributed by atoms with Crippen molar-refractivity contribution in [3.63, 3.8) is 0 Å². The molecule has 0 aliphatic heterocycles. The van der Waals surface area contributed by atoms with Gasteiger partial charge in [-0.1, -0.05) is 23.8 Å². The molecule has 0 spiro atoms. The number of carbonyl (C=O) groups is 1. The largest absolute Gasteiger partial charge is 0.389 e. The third-order valence-electron chi connectivity index (χ3n) is 2.40. The van der Waals surface area contributed by atoms with Gasteiger partial charge in [0.2, 0.25) is 0 Å². The number of halogens is 2. The van der Waals surface area contributed by atoms with Crippen molar-refractivity contribution >= 4 is 40.4 Å². The highest BCUT2D eigenvalue weighted by molar-refractivity contribution is 7.80. The molecule has 2 aromatic rings. The SMILES string of the molecule is NC(=S)c1ccc(C(=O)Nc2cc(F)cc(Cl)c2)nc1. The number of aromatic nitrogens is 1. The van der Waals surface area contributed by atoms with E-state index in [1.807, 2.05) is 0 Å². The number of pyridine rings is 1. The van der Waals surface area contributed by atoms with Crippen LogP contribution < -0.4 is 11.1 Å². The van der Waals surface area contributed by atoms with Crippen molar-refractivity contribution in [2.45, 2.75) is 0 Å². The maximum atomic E-state index is 13.1. The van der Waals surface area contributed by atoms with Crippen molar-refractivity contribution in [2.75, 3.05) is 5.32 Å². The Labute approximate surface area is 124 Å². The molecule has 4 nitrogen and oxygen atoms in total. The second kappa shape index (κ2) is 5.94. The lowest BCUT2D eigenvalue weighted by Crippen LogP contribution is -2.15. The number of nitrogens with two attached hydrogens (primary N) is 1. The lowest BCUT2D eigenvalue weighted by atomic mass is 10.2. The van der Waals surface area contributed by atoms with Crippen LogP contribution in [0.25, 0.3) is 0 Å². The normalized spacial score (nSPS) is 10.1. The fourth-order valence-electron chi connectivity index (χ4n) is 1.50. The van der Waals surface area contributed by atoms with E-state index in [1.54, 1.807) is 6.07 Å². The minimum absolute atomic E-state index is 0.158.